The summed E-state index contributed by atoms with van der Waals surface area (Å²) in [5.41, 5.74) is 1.20. The zero-order valence-electron chi connectivity index (χ0n) is 14.3. The average molecular weight is 336 g/mol. The molecule has 1 aromatic carbocycles. The van der Waals surface area contributed by atoms with E-state index in [0.29, 0.717) is 23.5 Å². The topological polar surface area (TPSA) is 65.9 Å². The van der Waals surface area contributed by atoms with Gasteiger partial charge in [0.25, 0.3) is 5.91 Å². The summed E-state index contributed by atoms with van der Waals surface area (Å²) in [7, 11) is 3.94. The lowest BCUT2D eigenvalue weighted by Gasteiger charge is -2.30. The lowest BCUT2D eigenvalue weighted by Crippen LogP contribution is -2.46. The van der Waals surface area contributed by atoms with Crippen molar-refractivity contribution >= 4 is 23.8 Å². The van der Waals surface area contributed by atoms with E-state index in [1.165, 1.54) is 0 Å². The third-order valence-electron chi connectivity index (χ3n) is 4.02. The van der Waals surface area contributed by atoms with E-state index >= 15 is 0 Å². The third kappa shape index (κ3) is 3.49. The predicted molar refractivity (Wildman–Crippen MR) is 97.1 cm³/mol. The number of rotatable bonds is 5. The molecule has 0 bridgehead atoms. The molecule has 0 saturated heterocycles. The molecule has 1 unspecified atom stereocenters. The number of anilines is 1. The van der Waals surface area contributed by atoms with E-state index in [2.05, 4.69) is 9.98 Å². The normalized spacial score (nSPS) is 17.4. The Morgan fingerprint density at radius 2 is 1.92 bits per heavy atom. The third-order valence-corrected chi connectivity index (χ3v) is 4.02. The van der Waals surface area contributed by atoms with Crippen molar-refractivity contribution in [3.63, 3.8) is 0 Å². The quantitative estimate of drug-likeness (QED) is 0.619. The number of imide groups is 1. The monoisotopic (exact) mass is 336 g/mol. The number of hydrogen-bond donors (Lipinski definition) is 0. The molecule has 0 N–H and O–H groups in total. The average Bonchev–Trinajstić information content (AvgIpc) is 2.62. The Kier molecular flexibility index (Phi) is 5.00. The number of fused-ring (bicyclic) bond motifs is 1. The second-order valence-electron chi connectivity index (χ2n) is 6.09. The Hall–Kier alpha value is -2.86. The van der Waals surface area contributed by atoms with Crippen molar-refractivity contribution in [1.82, 2.24) is 9.88 Å². The van der Waals surface area contributed by atoms with Crippen LogP contribution in [0, 0.1) is 0 Å². The summed E-state index contributed by atoms with van der Waals surface area (Å²) in [4.78, 5) is 37.5. The molecular weight excluding hydrogens is 316 g/mol. The molecule has 1 aromatic heterocycles. The lowest BCUT2D eigenvalue weighted by atomic mass is 9.89. The van der Waals surface area contributed by atoms with E-state index in [1.807, 2.05) is 31.1 Å². The zero-order chi connectivity index (χ0) is 17.8. The van der Waals surface area contributed by atoms with Gasteiger partial charge >= 0.3 is 0 Å². The van der Waals surface area contributed by atoms with Crippen LogP contribution in [0.1, 0.15) is 21.8 Å². The number of pyridine rings is 1. The number of aliphatic imine (C=N–C) groups is 1. The van der Waals surface area contributed by atoms with Crippen LogP contribution in [0.3, 0.4) is 0 Å². The van der Waals surface area contributed by atoms with E-state index in [-0.39, 0.29) is 11.8 Å². The van der Waals surface area contributed by atoms with E-state index in [0.717, 1.165) is 11.4 Å². The molecule has 0 spiro atoms. The SMILES string of the molecule is CN(C)CCN=CC1C(=O)N(c2ccccn2)C(=O)c2ccccc21. The van der Waals surface area contributed by atoms with Gasteiger partial charge in [-0.1, -0.05) is 24.3 Å². The van der Waals surface area contributed by atoms with Gasteiger partial charge in [0.1, 0.15) is 5.82 Å². The summed E-state index contributed by atoms with van der Waals surface area (Å²) in [5.74, 6) is -0.926. The van der Waals surface area contributed by atoms with Gasteiger partial charge in [-0.2, -0.15) is 0 Å². The van der Waals surface area contributed by atoms with Crippen LogP contribution in [0.5, 0.6) is 0 Å². The van der Waals surface area contributed by atoms with Crippen molar-refractivity contribution in [1.29, 1.82) is 0 Å². The van der Waals surface area contributed by atoms with Crippen LogP contribution in [-0.4, -0.2) is 55.1 Å². The minimum absolute atomic E-state index is 0.323. The Labute approximate surface area is 146 Å². The second-order valence-corrected chi connectivity index (χ2v) is 6.09. The molecule has 6 heteroatoms. The highest BCUT2D eigenvalue weighted by molar-refractivity contribution is 6.28. The van der Waals surface area contributed by atoms with Gasteiger partial charge in [0.2, 0.25) is 5.91 Å². The van der Waals surface area contributed by atoms with Crippen molar-refractivity contribution < 1.29 is 9.59 Å². The van der Waals surface area contributed by atoms with Gasteiger partial charge in [0.05, 0.1) is 12.5 Å². The molecule has 0 saturated carbocycles. The van der Waals surface area contributed by atoms with Gasteiger partial charge < -0.3 is 4.90 Å². The maximum Gasteiger partial charge on any atom is 0.266 e. The molecule has 2 aromatic rings. The fourth-order valence-electron chi connectivity index (χ4n) is 2.74. The molecule has 2 amide bonds. The number of nitrogens with zero attached hydrogens (tertiary/aromatic N) is 4. The first-order chi connectivity index (χ1) is 12.1. The first-order valence-corrected chi connectivity index (χ1v) is 8.12. The fraction of sp³-hybridized carbons (Fsp3) is 0.263. The highest BCUT2D eigenvalue weighted by Crippen LogP contribution is 2.30. The van der Waals surface area contributed by atoms with E-state index in [9.17, 15) is 9.59 Å². The van der Waals surface area contributed by atoms with Crippen molar-refractivity contribution in [2.45, 2.75) is 5.92 Å². The molecule has 6 nitrogen and oxygen atoms in total. The summed E-state index contributed by atoms with van der Waals surface area (Å²) in [6, 6.07) is 12.3. The second kappa shape index (κ2) is 7.36. The molecule has 3 rings (SSSR count). The molecule has 1 aliphatic heterocycles. The standard InChI is InChI=1S/C19H20N4O2/c1-22(2)12-11-20-13-16-14-7-3-4-8-15(14)18(24)23(19(16)25)17-9-5-6-10-21-17/h3-10,13,16H,11-12H2,1-2H3. The summed E-state index contributed by atoms with van der Waals surface area (Å²) < 4.78 is 0. The number of benzene rings is 1. The van der Waals surface area contributed by atoms with Gasteiger partial charge in [-0.25, -0.2) is 9.88 Å². The number of hydrogen-bond acceptors (Lipinski definition) is 5. The van der Waals surface area contributed by atoms with Crippen molar-refractivity contribution in [2.24, 2.45) is 4.99 Å². The highest BCUT2D eigenvalue weighted by atomic mass is 16.2. The molecule has 2 heterocycles. The largest absolute Gasteiger partial charge is 0.308 e. The Morgan fingerprint density at radius 1 is 1.16 bits per heavy atom. The summed E-state index contributed by atoms with van der Waals surface area (Å²) in [5, 5.41) is 0. The number of carbonyl (C=O) groups is 2. The molecule has 128 valence electrons. The van der Waals surface area contributed by atoms with Gasteiger partial charge in [0, 0.05) is 24.5 Å². The molecule has 0 aliphatic carbocycles. The Balaban J connectivity index is 1.97. The van der Waals surface area contributed by atoms with Gasteiger partial charge in [-0.15, -0.1) is 0 Å². The van der Waals surface area contributed by atoms with Crippen LogP contribution in [0.15, 0.2) is 53.7 Å². The minimum atomic E-state index is -0.585. The van der Waals surface area contributed by atoms with Crippen LogP contribution in [-0.2, 0) is 4.79 Å². The van der Waals surface area contributed by atoms with Gasteiger partial charge in [-0.05, 0) is 37.9 Å². The minimum Gasteiger partial charge on any atom is -0.308 e. The van der Waals surface area contributed by atoms with Crippen LogP contribution in [0.4, 0.5) is 5.82 Å². The first kappa shape index (κ1) is 17.0. The van der Waals surface area contributed by atoms with Crippen LogP contribution in [0.2, 0.25) is 0 Å². The van der Waals surface area contributed by atoms with Crippen LogP contribution in [0.25, 0.3) is 0 Å². The molecule has 1 aliphatic rings. The van der Waals surface area contributed by atoms with E-state index in [1.54, 1.807) is 42.7 Å². The van der Waals surface area contributed by atoms with Gasteiger partial charge in [0.15, 0.2) is 0 Å². The maximum atomic E-state index is 13.0. The number of amides is 2. The van der Waals surface area contributed by atoms with Crippen molar-refractivity contribution in [2.75, 3.05) is 32.1 Å². The summed E-state index contributed by atoms with van der Waals surface area (Å²) >= 11 is 0. The predicted octanol–water partition coefficient (Wildman–Crippen LogP) is 1.98. The summed E-state index contributed by atoms with van der Waals surface area (Å²) in [6.07, 6.45) is 3.21. The van der Waals surface area contributed by atoms with E-state index < -0.39 is 5.92 Å². The molecular formula is C19H20N4O2. The van der Waals surface area contributed by atoms with Crippen LogP contribution < -0.4 is 4.90 Å². The highest BCUT2D eigenvalue weighted by Gasteiger charge is 2.39. The number of aromatic nitrogens is 1. The molecule has 0 radical (unpaired) electrons. The first-order valence-electron chi connectivity index (χ1n) is 8.12. The smallest absolute Gasteiger partial charge is 0.266 e. The molecule has 0 fully saturated rings. The molecule has 25 heavy (non-hydrogen) atoms. The summed E-state index contributed by atoms with van der Waals surface area (Å²) in [6.45, 7) is 1.39. The number of carbonyl (C=O) groups excluding carboxylic acids is 2. The lowest BCUT2D eigenvalue weighted by molar-refractivity contribution is -0.118. The van der Waals surface area contributed by atoms with Crippen LogP contribution >= 0.6 is 0 Å². The maximum absolute atomic E-state index is 13.0. The van der Waals surface area contributed by atoms with Gasteiger partial charge in [-0.3, -0.25) is 14.6 Å². The van der Waals surface area contributed by atoms with Crippen molar-refractivity contribution in [3.05, 3.63) is 59.8 Å². The Morgan fingerprint density at radius 3 is 2.64 bits per heavy atom. The van der Waals surface area contributed by atoms with E-state index in [4.69, 9.17) is 0 Å². The molecule has 1 atom stereocenters. The zero-order valence-corrected chi connectivity index (χ0v) is 14.3. The Bertz CT molecular complexity index is 802. The fourth-order valence-corrected chi connectivity index (χ4v) is 2.74. The number of likely N-dealkylation sites (N-methyl/N-ethyl adjacent to an activating group) is 1. The van der Waals surface area contributed by atoms with Crippen molar-refractivity contribution in [3.8, 4) is 0 Å².